The molecule has 2 amide bonds. The van der Waals surface area contributed by atoms with Gasteiger partial charge < -0.3 is 25.0 Å². The van der Waals surface area contributed by atoms with Crippen LogP contribution < -0.4 is 14.8 Å². The number of carboxylic acid groups (broad SMARTS) is 1. The Kier molecular flexibility index (Phi) is 6.18. The highest BCUT2D eigenvalue weighted by Crippen LogP contribution is 2.35. The fourth-order valence-corrected chi connectivity index (χ4v) is 2.43. The number of amides is 2. The molecule has 0 spiro atoms. The number of nitrogens with one attached hydrogen (secondary N) is 1. The largest absolute Gasteiger partial charge is 0.490 e. The number of ether oxygens (including phenoxy) is 2. The topological polar surface area (TPSA) is 125 Å². The maximum Gasteiger partial charge on any atom is 0.337 e. The number of aromatic carboxylic acids is 1. The van der Waals surface area contributed by atoms with Gasteiger partial charge in [0, 0.05) is 18.2 Å². The fourth-order valence-electron chi connectivity index (χ4n) is 2.43. The van der Waals surface area contributed by atoms with Crippen molar-refractivity contribution in [3.63, 3.8) is 0 Å². The van der Waals surface area contributed by atoms with Crippen molar-refractivity contribution in [3.8, 4) is 11.5 Å². The molecular weight excluding hydrogens is 344 g/mol. The number of aliphatic hydroxyl groups excluding tert-OH is 1. The van der Waals surface area contributed by atoms with Gasteiger partial charge in [0.05, 0.1) is 37.6 Å². The Morgan fingerprint density at radius 3 is 2.31 bits per heavy atom. The van der Waals surface area contributed by atoms with Crippen LogP contribution in [0.4, 0.5) is 5.69 Å². The second-order valence-corrected chi connectivity index (χ2v) is 5.22. The predicted molar refractivity (Wildman–Crippen MR) is 91.3 cm³/mol. The lowest BCUT2D eigenvalue weighted by atomic mass is 10.1. The summed E-state index contributed by atoms with van der Waals surface area (Å²) >= 11 is 0. The molecule has 1 aromatic carbocycles. The van der Waals surface area contributed by atoms with Gasteiger partial charge in [-0.15, -0.1) is 0 Å². The van der Waals surface area contributed by atoms with Crippen molar-refractivity contribution in [1.82, 2.24) is 4.90 Å². The van der Waals surface area contributed by atoms with Crippen LogP contribution in [0.5, 0.6) is 11.5 Å². The quantitative estimate of drug-likeness (QED) is 0.551. The summed E-state index contributed by atoms with van der Waals surface area (Å²) in [4.78, 5) is 36.5. The lowest BCUT2D eigenvalue weighted by molar-refractivity contribution is -0.137. The van der Waals surface area contributed by atoms with Crippen LogP contribution in [0.15, 0.2) is 23.9 Å². The molecule has 1 aliphatic rings. The number of hydrogen-bond acceptors (Lipinski definition) is 7. The minimum absolute atomic E-state index is 0.0856. The van der Waals surface area contributed by atoms with E-state index in [1.54, 1.807) is 13.8 Å². The molecule has 1 heterocycles. The SMILES string of the molecule is CCOc1cc(NC2=CC(=O)N(CCO)C2=O)c(C(=O)O)cc1OCC. The summed E-state index contributed by atoms with van der Waals surface area (Å²) in [5.74, 6) is -1.89. The number of hydrogen-bond donors (Lipinski definition) is 3. The average Bonchev–Trinajstić information content (AvgIpc) is 2.85. The Hall–Kier alpha value is -3.07. The van der Waals surface area contributed by atoms with Gasteiger partial charge in [-0.3, -0.25) is 14.5 Å². The Labute approximate surface area is 149 Å². The van der Waals surface area contributed by atoms with E-state index in [4.69, 9.17) is 14.6 Å². The van der Waals surface area contributed by atoms with Crippen molar-refractivity contribution < 1.29 is 34.1 Å². The highest BCUT2D eigenvalue weighted by molar-refractivity contribution is 6.17. The summed E-state index contributed by atoms with van der Waals surface area (Å²) < 4.78 is 10.9. The number of carbonyl (C=O) groups is 3. The third-order valence-corrected chi connectivity index (χ3v) is 3.52. The average molecular weight is 364 g/mol. The maximum atomic E-state index is 12.2. The van der Waals surface area contributed by atoms with E-state index in [1.807, 2.05) is 0 Å². The number of β-amino-alcohol motifs (C(OH)–C–C–N with tert-alkyl or cyclic N) is 1. The number of aliphatic hydroxyl groups is 1. The van der Waals surface area contributed by atoms with Crippen molar-refractivity contribution in [2.75, 3.05) is 31.7 Å². The molecule has 9 heteroatoms. The maximum absolute atomic E-state index is 12.2. The zero-order valence-corrected chi connectivity index (χ0v) is 14.4. The molecule has 0 radical (unpaired) electrons. The molecule has 0 fully saturated rings. The highest BCUT2D eigenvalue weighted by atomic mass is 16.5. The first-order valence-corrected chi connectivity index (χ1v) is 8.05. The van der Waals surface area contributed by atoms with E-state index in [0.717, 1.165) is 11.0 Å². The molecule has 0 aromatic heterocycles. The summed E-state index contributed by atoms with van der Waals surface area (Å²) in [6.45, 7) is 3.67. The predicted octanol–water partition coefficient (Wildman–Crippen LogP) is 0.839. The molecule has 2 rings (SSSR count). The van der Waals surface area contributed by atoms with Gasteiger partial charge in [0.25, 0.3) is 11.8 Å². The lowest BCUT2D eigenvalue weighted by Gasteiger charge is -2.17. The molecule has 0 saturated heterocycles. The van der Waals surface area contributed by atoms with E-state index in [9.17, 15) is 19.5 Å². The Morgan fingerprint density at radius 2 is 1.77 bits per heavy atom. The molecule has 0 unspecified atom stereocenters. The fraction of sp³-hybridized carbons (Fsp3) is 0.353. The molecule has 0 bridgehead atoms. The summed E-state index contributed by atoms with van der Waals surface area (Å²) in [6.07, 6.45) is 1.06. The Bertz CT molecular complexity index is 758. The van der Waals surface area contributed by atoms with Gasteiger partial charge in [0.15, 0.2) is 11.5 Å². The normalized spacial score (nSPS) is 13.7. The van der Waals surface area contributed by atoms with Crippen LogP contribution in [0, 0.1) is 0 Å². The van der Waals surface area contributed by atoms with E-state index in [1.165, 1.54) is 12.1 Å². The number of carboxylic acids is 1. The molecule has 0 aliphatic carbocycles. The third-order valence-electron chi connectivity index (χ3n) is 3.52. The van der Waals surface area contributed by atoms with Crippen molar-refractivity contribution in [3.05, 3.63) is 29.5 Å². The number of imide groups is 1. The van der Waals surface area contributed by atoms with E-state index < -0.39 is 17.8 Å². The van der Waals surface area contributed by atoms with Gasteiger partial charge in [-0.05, 0) is 13.8 Å². The molecule has 1 aromatic rings. The van der Waals surface area contributed by atoms with Crippen molar-refractivity contribution in [2.24, 2.45) is 0 Å². The monoisotopic (exact) mass is 364 g/mol. The van der Waals surface area contributed by atoms with E-state index >= 15 is 0 Å². The van der Waals surface area contributed by atoms with Gasteiger partial charge in [0.2, 0.25) is 0 Å². The van der Waals surface area contributed by atoms with E-state index in [0.29, 0.717) is 19.0 Å². The van der Waals surface area contributed by atoms with Gasteiger partial charge in [-0.25, -0.2) is 4.79 Å². The number of rotatable bonds is 9. The summed E-state index contributed by atoms with van der Waals surface area (Å²) in [5, 5.41) is 21.1. The van der Waals surface area contributed by atoms with Gasteiger partial charge in [-0.1, -0.05) is 0 Å². The zero-order chi connectivity index (χ0) is 19.3. The number of carbonyl (C=O) groups excluding carboxylic acids is 2. The van der Waals surface area contributed by atoms with Crippen molar-refractivity contribution in [1.29, 1.82) is 0 Å². The van der Waals surface area contributed by atoms with Gasteiger partial charge >= 0.3 is 5.97 Å². The highest BCUT2D eigenvalue weighted by Gasteiger charge is 2.31. The van der Waals surface area contributed by atoms with E-state index in [-0.39, 0.29) is 35.8 Å². The minimum Gasteiger partial charge on any atom is -0.490 e. The Morgan fingerprint density at radius 1 is 1.15 bits per heavy atom. The van der Waals surface area contributed by atoms with Crippen LogP contribution in [0.25, 0.3) is 0 Å². The molecular formula is C17H20N2O7. The molecule has 1 aliphatic heterocycles. The van der Waals surface area contributed by atoms with Crippen molar-refractivity contribution in [2.45, 2.75) is 13.8 Å². The summed E-state index contributed by atoms with van der Waals surface area (Å²) in [5.41, 5.74) is -0.140. The Balaban J connectivity index is 2.40. The second-order valence-electron chi connectivity index (χ2n) is 5.22. The van der Waals surface area contributed by atoms with Crippen LogP contribution in [0.3, 0.4) is 0 Å². The van der Waals surface area contributed by atoms with Crippen LogP contribution in [-0.2, 0) is 9.59 Å². The van der Waals surface area contributed by atoms with Crippen LogP contribution in [-0.4, -0.2) is 59.3 Å². The molecule has 0 saturated carbocycles. The first-order chi connectivity index (χ1) is 12.4. The van der Waals surface area contributed by atoms with Gasteiger partial charge in [0.1, 0.15) is 5.70 Å². The smallest absolute Gasteiger partial charge is 0.337 e. The summed E-state index contributed by atoms with van der Waals surface area (Å²) in [7, 11) is 0. The van der Waals surface area contributed by atoms with Crippen LogP contribution in [0.2, 0.25) is 0 Å². The molecule has 140 valence electrons. The molecule has 0 atom stereocenters. The molecule has 26 heavy (non-hydrogen) atoms. The first kappa shape index (κ1) is 19.3. The van der Waals surface area contributed by atoms with Crippen molar-refractivity contribution >= 4 is 23.5 Å². The number of anilines is 1. The number of nitrogens with zero attached hydrogens (tertiary/aromatic N) is 1. The minimum atomic E-state index is -1.24. The number of benzene rings is 1. The van der Waals surface area contributed by atoms with Crippen LogP contribution in [0.1, 0.15) is 24.2 Å². The standard InChI is InChI=1S/C17H20N2O7/c1-3-25-13-7-10(17(23)24)11(8-14(13)26-4-2)18-12-9-15(21)19(5-6-20)16(12)22/h7-9,18,20H,3-6H2,1-2H3,(H,23,24). The van der Waals surface area contributed by atoms with E-state index in [2.05, 4.69) is 5.32 Å². The lowest BCUT2D eigenvalue weighted by Crippen LogP contribution is -2.34. The molecule has 9 nitrogen and oxygen atoms in total. The second kappa shape index (κ2) is 8.34. The zero-order valence-electron chi connectivity index (χ0n) is 14.4. The molecule has 3 N–H and O–H groups in total. The third kappa shape index (κ3) is 3.94. The first-order valence-electron chi connectivity index (χ1n) is 8.05. The summed E-state index contributed by atoms with van der Waals surface area (Å²) in [6, 6.07) is 2.71. The van der Waals surface area contributed by atoms with Gasteiger partial charge in [-0.2, -0.15) is 0 Å². The van der Waals surface area contributed by atoms with Crippen LogP contribution >= 0.6 is 0 Å².